The molecule has 3 atom stereocenters. The maximum absolute atomic E-state index is 14.4. The fourth-order valence-corrected chi connectivity index (χ4v) is 4.32. The molecule has 0 aromatic carbocycles. The highest BCUT2D eigenvalue weighted by Crippen LogP contribution is 2.36. The van der Waals surface area contributed by atoms with Gasteiger partial charge in [-0.15, -0.1) is 11.3 Å². The van der Waals surface area contributed by atoms with Gasteiger partial charge in [-0.1, -0.05) is 11.6 Å². The lowest BCUT2D eigenvalue weighted by molar-refractivity contribution is -0.137. The number of carbonyl (C=O) groups excluding carboxylic acids is 2. The summed E-state index contributed by atoms with van der Waals surface area (Å²) >= 11 is 6.58. The molecular weight excluding hydrogens is 500 g/mol. The normalized spacial score (nSPS) is 21.0. The number of hydrogen-bond donors (Lipinski definition) is 1. The number of likely N-dealkylation sites (tertiary alicyclic amines) is 1. The van der Waals surface area contributed by atoms with E-state index in [1.54, 1.807) is 20.8 Å². The van der Waals surface area contributed by atoms with E-state index in [1.807, 2.05) is 0 Å². The molecular formula is C21H23ClF4N4O3S. The molecule has 0 saturated carbocycles. The molecule has 0 bridgehead atoms. The number of nitrogens with zero attached hydrogens (tertiary/aromatic N) is 3. The van der Waals surface area contributed by atoms with E-state index in [9.17, 15) is 27.2 Å². The first-order chi connectivity index (χ1) is 15.7. The fraction of sp³-hybridized carbons (Fsp3) is 0.524. The molecule has 186 valence electrons. The van der Waals surface area contributed by atoms with E-state index in [4.69, 9.17) is 16.3 Å². The number of hydrogen-bond acceptors (Lipinski definition) is 6. The molecule has 3 heterocycles. The molecule has 1 saturated heterocycles. The highest BCUT2D eigenvalue weighted by atomic mass is 35.5. The lowest BCUT2D eigenvalue weighted by atomic mass is 10.1. The number of pyridine rings is 1. The number of amides is 2. The zero-order valence-corrected chi connectivity index (χ0v) is 20.3. The maximum Gasteiger partial charge on any atom is 0.443 e. The second-order valence-electron chi connectivity index (χ2n) is 8.80. The summed E-state index contributed by atoms with van der Waals surface area (Å²) in [5.74, 6) is -0.607. The number of ether oxygens (including phenoxy) is 1. The van der Waals surface area contributed by atoms with Crippen molar-refractivity contribution in [2.75, 3.05) is 0 Å². The smallest absolute Gasteiger partial charge is 0.443 e. The monoisotopic (exact) mass is 522 g/mol. The predicted octanol–water partition coefficient (Wildman–Crippen LogP) is 5.23. The van der Waals surface area contributed by atoms with Crippen LogP contribution in [0.4, 0.5) is 22.4 Å². The Morgan fingerprint density at radius 1 is 1.26 bits per heavy atom. The first-order valence-electron chi connectivity index (χ1n) is 10.3. The Balaban J connectivity index is 1.74. The third-order valence-corrected chi connectivity index (χ3v) is 6.45. The minimum atomic E-state index is -4.57. The van der Waals surface area contributed by atoms with Crippen LogP contribution in [-0.4, -0.2) is 50.7 Å². The van der Waals surface area contributed by atoms with Crippen LogP contribution >= 0.6 is 22.9 Å². The summed E-state index contributed by atoms with van der Waals surface area (Å²) in [5.41, 5.74) is -0.237. The lowest BCUT2D eigenvalue weighted by Crippen LogP contribution is -2.50. The van der Waals surface area contributed by atoms with Gasteiger partial charge in [0.25, 0.3) is 0 Å². The molecule has 2 aromatic heterocycles. The van der Waals surface area contributed by atoms with Crippen molar-refractivity contribution in [2.24, 2.45) is 0 Å². The summed E-state index contributed by atoms with van der Waals surface area (Å²) in [6.45, 7) is 6.38. The van der Waals surface area contributed by atoms with Gasteiger partial charge < -0.3 is 10.1 Å². The van der Waals surface area contributed by atoms with Gasteiger partial charge in [0.1, 0.15) is 17.8 Å². The lowest BCUT2D eigenvalue weighted by Gasteiger charge is -2.30. The van der Waals surface area contributed by atoms with Gasteiger partial charge in [0, 0.05) is 25.4 Å². The molecule has 1 aliphatic heterocycles. The molecule has 2 amide bonds. The summed E-state index contributed by atoms with van der Waals surface area (Å²) in [6.07, 6.45) is -4.65. The number of thiazole rings is 1. The Labute approximate surface area is 202 Å². The first kappa shape index (κ1) is 26.1. The molecule has 1 N–H and O–H groups in total. The van der Waals surface area contributed by atoms with Crippen LogP contribution in [0.15, 0.2) is 18.5 Å². The van der Waals surface area contributed by atoms with Crippen molar-refractivity contribution in [3.8, 4) is 10.6 Å². The quantitative estimate of drug-likeness (QED) is 0.556. The first-order valence-corrected chi connectivity index (χ1v) is 11.5. The standard InChI is InChI=1S/C21H23ClF4N4O3S/c1-10-13(23)6-15(30(10)19(32)33-20(2,3)4)17(31)28-7-11-5-14(27-8-12(11)22)16-9-29-18(34-16)21(24,25)26/h5,8-10,13,15H,6-7H2,1-4H3,(H,28,31). The summed E-state index contributed by atoms with van der Waals surface area (Å²) < 4.78 is 58.2. The Morgan fingerprint density at radius 3 is 2.53 bits per heavy atom. The van der Waals surface area contributed by atoms with Crippen molar-refractivity contribution >= 4 is 34.9 Å². The predicted molar refractivity (Wildman–Crippen MR) is 118 cm³/mol. The van der Waals surface area contributed by atoms with Crippen molar-refractivity contribution < 1.29 is 31.9 Å². The average molecular weight is 523 g/mol. The van der Waals surface area contributed by atoms with Gasteiger partial charge in [-0.3, -0.25) is 14.7 Å². The van der Waals surface area contributed by atoms with Crippen LogP contribution in [0.1, 0.15) is 44.7 Å². The third kappa shape index (κ3) is 5.96. The van der Waals surface area contributed by atoms with Crippen LogP contribution in [-0.2, 0) is 22.3 Å². The van der Waals surface area contributed by atoms with Crippen LogP contribution in [0.3, 0.4) is 0 Å². The number of aromatic nitrogens is 2. The highest BCUT2D eigenvalue weighted by molar-refractivity contribution is 7.15. The molecule has 3 rings (SSSR count). The van der Waals surface area contributed by atoms with E-state index in [0.717, 1.165) is 11.1 Å². The Hall–Kier alpha value is -2.47. The van der Waals surface area contributed by atoms with Crippen molar-refractivity contribution in [3.05, 3.63) is 34.1 Å². The molecule has 0 aliphatic carbocycles. The summed E-state index contributed by atoms with van der Waals surface area (Å²) in [5, 5.41) is 1.79. The van der Waals surface area contributed by atoms with Crippen LogP contribution in [0.25, 0.3) is 10.6 Å². The molecule has 34 heavy (non-hydrogen) atoms. The summed E-state index contributed by atoms with van der Waals surface area (Å²) in [6, 6.07) is -0.497. The zero-order chi connectivity index (χ0) is 25.4. The van der Waals surface area contributed by atoms with Gasteiger partial charge in [0.2, 0.25) is 5.91 Å². The molecule has 2 aromatic rings. The summed E-state index contributed by atoms with van der Waals surface area (Å²) in [4.78, 5) is 34.1. The third-order valence-electron chi connectivity index (χ3n) is 5.04. The minimum Gasteiger partial charge on any atom is -0.444 e. The van der Waals surface area contributed by atoms with E-state index in [-0.39, 0.29) is 28.6 Å². The van der Waals surface area contributed by atoms with Crippen LogP contribution < -0.4 is 5.32 Å². The Bertz CT molecular complexity index is 1070. The van der Waals surface area contributed by atoms with Crippen LogP contribution in [0.5, 0.6) is 0 Å². The fourth-order valence-electron chi connectivity index (χ4n) is 3.40. The van der Waals surface area contributed by atoms with E-state index in [1.165, 1.54) is 19.2 Å². The van der Waals surface area contributed by atoms with Crippen molar-refractivity contribution in [1.82, 2.24) is 20.2 Å². The van der Waals surface area contributed by atoms with Crippen LogP contribution in [0.2, 0.25) is 5.02 Å². The second kappa shape index (κ2) is 9.65. The number of rotatable bonds is 4. The Morgan fingerprint density at radius 2 is 1.94 bits per heavy atom. The van der Waals surface area contributed by atoms with Gasteiger partial charge in [-0.05, 0) is 39.3 Å². The van der Waals surface area contributed by atoms with Gasteiger partial charge in [-0.25, -0.2) is 14.2 Å². The SMILES string of the molecule is CC1C(F)CC(C(=O)NCc2cc(-c3cnc(C(F)(F)F)s3)ncc2Cl)N1C(=O)OC(C)(C)C. The number of alkyl halides is 4. The number of halogens is 5. The topological polar surface area (TPSA) is 84.4 Å². The van der Waals surface area contributed by atoms with E-state index >= 15 is 0 Å². The molecule has 3 unspecified atom stereocenters. The number of nitrogens with one attached hydrogen (secondary N) is 1. The second-order valence-corrected chi connectivity index (χ2v) is 10.2. The van der Waals surface area contributed by atoms with Crippen molar-refractivity contribution in [1.29, 1.82) is 0 Å². The van der Waals surface area contributed by atoms with Gasteiger partial charge in [-0.2, -0.15) is 13.2 Å². The van der Waals surface area contributed by atoms with Gasteiger partial charge in [0.15, 0.2) is 5.01 Å². The zero-order valence-electron chi connectivity index (χ0n) is 18.7. The average Bonchev–Trinajstić information content (AvgIpc) is 3.31. The van der Waals surface area contributed by atoms with Crippen molar-refractivity contribution in [3.63, 3.8) is 0 Å². The molecule has 1 aliphatic rings. The largest absolute Gasteiger partial charge is 0.444 e. The molecule has 13 heteroatoms. The van der Waals surface area contributed by atoms with Crippen LogP contribution in [0, 0.1) is 0 Å². The van der Waals surface area contributed by atoms with Gasteiger partial charge in [0.05, 0.1) is 21.6 Å². The minimum absolute atomic E-state index is 0.109. The molecule has 1 fully saturated rings. The van der Waals surface area contributed by atoms with E-state index < -0.39 is 47.0 Å². The van der Waals surface area contributed by atoms with Gasteiger partial charge >= 0.3 is 12.3 Å². The highest BCUT2D eigenvalue weighted by Gasteiger charge is 2.46. The van der Waals surface area contributed by atoms with Crippen molar-refractivity contribution in [2.45, 2.75) is 70.7 Å². The van der Waals surface area contributed by atoms with E-state index in [2.05, 4.69) is 15.3 Å². The van der Waals surface area contributed by atoms with E-state index in [0.29, 0.717) is 16.9 Å². The molecule has 0 radical (unpaired) electrons. The molecule has 0 spiro atoms. The maximum atomic E-state index is 14.4. The molecule has 7 nitrogen and oxygen atoms in total. The number of carbonyl (C=O) groups is 2. The summed E-state index contributed by atoms with van der Waals surface area (Å²) in [7, 11) is 0. The Kier molecular flexibility index (Phi) is 7.42.